The van der Waals surface area contributed by atoms with E-state index in [1.165, 1.54) is 29.1 Å². The van der Waals surface area contributed by atoms with Gasteiger partial charge < -0.3 is 5.32 Å². The van der Waals surface area contributed by atoms with Crippen LogP contribution in [0.3, 0.4) is 0 Å². The molecule has 1 N–H and O–H groups in total. The van der Waals surface area contributed by atoms with Gasteiger partial charge in [-0.15, -0.1) is 0 Å². The van der Waals surface area contributed by atoms with Crippen LogP contribution in [0.25, 0.3) is 5.82 Å². The lowest BCUT2D eigenvalue weighted by Gasteiger charge is -2.13. The second-order valence-electron chi connectivity index (χ2n) is 7.05. The summed E-state index contributed by atoms with van der Waals surface area (Å²) in [6.45, 7) is 3.99. The molecular formula is C21H20F4N4O. The first kappa shape index (κ1) is 21.5. The normalized spacial score (nSPS) is 11.7. The van der Waals surface area contributed by atoms with E-state index in [2.05, 4.69) is 15.4 Å². The van der Waals surface area contributed by atoms with Crippen LogP contribution in [0.15, 0.2) is 48.8 Å². The summed E-state index contributed by atoms with van der Waals surface area (Å²) in [6, 6.07) is 8.26. The molecule has 0 saturated carbocycles. The van der Waals surface area contributed by atoms with E-state index >= 15 is 0 Å². The summed E-state index contributed by atoms with van der Waals surface area (Å²) in [5.74, 6) is -0.662. The van der Waals surface area contributed by atoms with E-state index in [0.29, 0.717) is 24.2 Å². The van der Waals surface area contributed by atoms with Crippen molar-refractivity contribution in [3.63, 3.8) is 0 Å². The number of rotatable bonds is 6. The number of alkyl halides is 3. The average molecular weight is 420 g/mol. The second kappa shape index (κ2) is 8.64. The van der Waals surface area contributed by atoms with E-state index in [9.17, 15) is 22.4 Å². The largest absolute Gasteiger partial charge is 0.417 e. The number of nitrogens with zero attached hydrogens (tertiary/aromatic N) is 3. The molecule has 3 rings (SSSR count). The fourth-order valence-electron chi connectivity index (χ4n) is 3.06. The van der Waals surface area contributed by atoms with Gasteiger partial charge in [0.1, 0.15) is 5.82 Å². The van der Waals surface area contributed by atoms with Crippen LogP contribution in [0.5, 0.6) is 0 Å². The van der Waals surface area contributed by atoms with Gasteiger partial charge in [-0.1, -0.05) is 26.0 Å². The Hall–Kier alpha value is -3.23. The molecule has 30 heavy (non-hydrogen) atoms. The molecule has 3 aromatic rings. The molecule has 0 radical (unpaired) electrons. The van der Waals surface area contributed by atoms with E-state index in [0.717, 1.165) is 17.8 Å². The first-order valence-corrected chi connectivity index (χ1v) is 9.31. The maximum Gasteiger partial charge on any atom is 0.417 e. The number of nitrogens with one attached hydrogen (secondary N) is 1. The summed E-state index contributed by atoms with van der Waals surface area (Å²) < 4.78 is 52.9. The highest BCUT2D eigenvalue weighted by Gasteiger charge is 2.31. The van der Waals surface area contributed by atoms with E-state index in [4.69, 9.17) is 0 Å². The minimum atomic E-state index is -4.48. The predicted octanol–water partition coefficient (Wildman–Crippen LogP) is 4.52. The Morgan fingerprint density at radius 3 is 2.53 bits per heavy atom. The maximum atomic E-state index is 13.2. The van der Waals surface area contributed by atoms with E-state index < -0.39 is 11.7 Å². The molecule has 0 aliphatic carbocycles. The summed E-state index contributed by atoms with van der Waals surface area (Å²) in [7, 11) is 0. The van der Waals surface area contributed by atoms with E-state index in [-0.39, 0.29) is 23.5 Å². The summed E-state index contributed by atoms with van der Waals surface area (Å²) >= 11 is 0. The van der Waals surface area contributed by atoms with Crippen LogP contribution in [-0.2, 0) is 12.6 Å². The monoisotopic (exact) mass is 420 g/mol. The Bertz CT molecular complexity index is 1030. The van der Waals surface area contributed by atoms with Gasteiger partial charge in [0.05, 0.1) is 23.0 Å². The van der Waals surface area contributed by atoms with Crippen LogP contribution in [-0.4, -0.2) is 27.2 Å². The van der Waals surface area contributed by atoms with Gasteiger partial charge in [0, 0.05) is 12.7 Å². The van der Waals surface area contributed by atoms with E-state index in [1.807, 2.05) is 13.8 Å². The molecule has 0 unspecified atom stereocenters. The molecule has 0 bridgehead atoms. The third-order valence-electron chi connectivity index (χ3n) is 4.48. The summed E-state index contributed by atoms with van der Waals surface area (Å²) in [5.41, 5.74) is 0.736. The van der Waals surface area contributed by atoms with Crippen LogP contribution in [0.2, 0.25) is 0 Å². The van der Waals surface area contributed by atoms with Crippen molar-refractivity contribution in [2.45, 2.75) is 32.4 Å². The molecule has 0 fully saturated rings. The third kappa shape index (κ3) is 4.84. The number of hydrogen-bond donors (Lipinski definition) is 1. The van der Waals surface area contributed by atoms with Crippen molar-refractivity contribution in [1.29, 1.82) is 0 Å². The van der Waals surface area contributed by atoms with Gasteiger partial charge in [-0.05, 0) is 42.2 Å². The fraction of sp³-hybridized carbons (Fsp3) is 0.286. The molecule has 1 aromatic carbocycles. The lowest BCUT2D eigenvalue weighted by atomic mass is 10.1. The summed E-state index contributed by atoms with van der Waals surface area (Å²) in [6.07, 6.45) is -1.93. The highest BCUT2D eigenvalue weighted by Crippen LogP contribution is 2.29. The van der Waals surface area contributed by atoms with Gasteiger partial charge in [0.25, 0.3) is 5.91 Å². The van der Waals surface area contributed by atoms with Crippen molar-refractivity contribution in [3.05, 3.63) is 77.0 Å². The number of pyridine rings is 1. The van der Waals surface area contributed by atoms with Crippen LogP contribution >= 0.6 is 0 Å². The number of halogens is 4. The molecule has 2 heterocycles. The second-order valence-corrected chi connectivity index (χ2v) is 7.05. The van der Waals surface area contributed by atoms with Crippen LogP contribution in [0, 0.1) is 5.82 Å². The number of benzene rings is 1. The molecule has 2 aromatic heterocycles. The summed E-state index contributed by atoms with van der Waals surface area (Å²) in [4.78, 5) is 16.5. The van der Waals surface area contributed by atoms with Crippen molar-refractivity contribution in [3.8, 4) is 5.82 Å². The average Bonchev–Trinajstić information content (AvgIpc) is 3.13. The minimum Gasteiger partial charge on any atom is -0.352 e. The van der Waals surface area contributed by atoms with Gasteiger partial charge >= 0.3 is 6.18 Å². The van der Waals surface area contributed by atoms with E-state index in [1.54, 1.807) is 12.1 Å². The van der Waals surface area contributed by atoms with Gasteiger partial charge in [-0.3, -0.25) is 4.79 Å². The lowest BCUT2D eigenvalue weighted by Crippen LogP contribution is -2.26. The smallest absolute Gasteiger partial charge is 0.352 e. The molecule has 1 amide bonds. The van der Waals surface area contributed by atoms with Crippen molar-refractivity contribution < 1.29 is 22.4 Å². The minimum absolute atomic E-state index is 0.138. The number of aromatic nitrogens is 3. The Kier molecular flexibility index (Phi) is 6.19. The van der Waals surface area contributed by atoms with Gasteiger partial charge in [0.2, 0.25) is 0 Å². The van der Waals surface area contributed by atoms with Crippen molar-refractivity contribution in [2.75, 3.05) is 6.54 Å². The van der Waals surface area contributed by atoms with Gasteiger partial charge in [-0.2, -0.15) is 18.3 Å². The zero-order chi connectivity index (χ0) is 21.9. The standard InChI is InChI=1S/C21H20F4N4O/c1-13(2)19-17(20(30)26-9-8-14-4-3-5-16(22)10-14)12-28-29(19)18-7-6-15(11-27-18)21(23,24)25/h3-7,10-13H,8-9H2,1-2H3,(H,26,30). The Morgan fingerprint density at radius 1 is 1.17 bits per heavy atom. The maximum absolute atomic E-state index is 13.2. The third-order valence-corrected chi connectivity index (χ3v) is 4.48. The van der Waals surface area contributed by atoms with Crippen molar-refractivity contribution in [2.24, 2.45) is 0 Å². The number of amides is 1. The Morgan fingerprint density at radius 2 is 1.93 bits per heavy atom. The SMILES string of the molecule is CC(C)c1c(C(=O)NCCc2cccc(F)c2)cnn1-c1ccc(C(F)(F)F)cn1. The van der Waals surface area contributed by atoms with Gasteiger partial charge in [-0.25, -0.2) is 14.1 Å². The van der Waals surface area contributed by atoms with Gasteiger partial charge in [0.15, 0.2) is 5.82 Å². The fourth-order valence-corrected chi connectivity index (χ4v) is 3.06. The molecule has 0 saturated heterocycles. The first-order chi connectivity index (χ1) is 14.2. The number of carbonyl (C=O) groups excluding carboxylic acids is 1. The molecule has 0 aliphatic rings. The van der Waals surface area contributed by atoms with Crippen LogP contribution in [0.1, 0.15) is 46.9 Å². The van der Waals surface area contributed by atoms with Crippen molar-refractivity contribution >= 4 is 5.91 Å². The molecule has 0 atom stereocenters. The molecule has 5 nitrogen and oxygen atoms in total. The number of hydrogen-bond acceptors (Lipinski definition) is 3. The number of carbonyl (C=O) groups is 1. The Balaban J connectivity index is 1.77. The molecule has 0 aliphatic heterocycles. The highest BCUT2D eigenvalue weighted by atomic mass is 19.4. The van der Waals surface area contributed by atoms with Crippen LogP contribution in [0.4, 0.5) is 17.6 Å². The zero-order valence-electron chi connectivity index (χ0n) is 16.4. The first-order valence-electron chi connectivity index (χ1n) is 9.31. The summed E-state index contributed by atoms with van der Waals surface area (Å²) in [5, 5.41) is 6.93. The van der Waals surface area contributed by atoms with Crippen LogP contribution < -0.4 is 5.32 Å². The quantitative estimate of drug-likeness (QED) is 0.597. The highest BCUT2D eigenvalue weighted by molar-refractivity contribution is 5.95. The molecular weight excluding hydrogens is 400 g/mol. The topological polar surface area (TPSA) is 59.8 Å². The zero-order valence-corrected chi connectivity index (χ0v) is 16.4. The molecule has 158 valence electrons. The molecule has 0 spiro atoms. The predicted molar refractivity (Wildman–Crippen MR) is 103 cm³/mol. The Labute approximate surface area is 170 Å². The molecule has 9 heteroatoms. The lowest BCUT2D eigenvalue weighted by molar-refractivity contribution is -0.137. The van der Waals surface area contributed by atoms with Crippen molar-refractivity contribution in [1.82, 2.24) is 20.1 Å².